The number of para-hydroxylation sites is 1. The number of nitrogens with two attached hydrogens (primary N) is 1. The van der Waals surface area contributed by atoms with Crippen molar-refractivity contribution in [3.05, 3.63) is 66.6 Å². The van der Waals surface area contributed by atoms with Gasteiger partial charge in [-0.2, -0.15) is 0 Å². The van der Waals surface area contributed by atoms with E-state index in [2.05, 4.69) is 21.6 Å². The van der Waals surface area contributed by atoms with Crippen LogP contribution in [0.3, 0.4) is 0 Å². The Hall–Kier alpha value is -3.59. The van der Waals surface area contributed by atoms with Crippen molar-refractivity contribution in [3.63, 3.8) is 0 Å². The molecule has 0 radical (unpaired) electrons. The van der Waals surface area contributed by atoms with Gasteiger partial charge in [0.2, 0.25) is 0 Å². The van der Waals surface area contributed by atoms with Crippen LogP contribution in [0.5, 0.6) is 11.5 Å². The molecule has 2 heterocycles. The number of piperidine rings is 1. The zero-order chi connectivity index (χ0) is 20.9. The fourth-order valence-corrected chi connectivity index (χ4v) is 3.89. The maximum Gasteiger partial charge on any atom is 0.298 e. The number of anilines is 1. The molecule has 2 aromatic carbocycles. The number of carbonyl (C=O) groups excluding carboxylic acids is 1. The average Bonchev–Trinajstić information content (AvgIpc) is 3.17. The highest BCUT2D eigenvalue weighted by Crippen LogP contribution is 2.29. The van der Waals surface area contributed by atoms with E-state index in [1.165, 1.54) is 0 Å². The third kappa shape index (κ3) is 4.36. The first-order chi connectivity index (χ1) is 14.6. The van der Waals surface area contributed by atoms with Gasteiger partial charge in [-0.3, -0.25) is 4.79 Å². The van der Waals surface area contributed by atoms with Crippen LogP contribution in [-0.4, -0.2) is 41.5 Å². The van der Waals surface area contributed by atoms with Gasteiger partial charge >= 0.3 is 0 Å². The molecule has 6 nitrogen and oxygen atoms in total. The Bertz CT molecular complexity index is 976. The molecule has 1 atom stereocenters. The molecule has 0 unspecified atom stereocenters. The van der Waals surface area contributed by atoms with Crippen LogP contribution < -0.4 is 15.4 Å². The second-order valence-electron chi connectivity index (χ2n) is 7.47. The SMILES string of the molecule is CC#CC(=O)N1CCC[C@@H](N2C=C(N)N(c3ccc(Oc4ccccc4)cc3)C2)C1. The quantitative estimate of drug-likeness (QED) is 0.795. The Labute approximate surface area is 177 Å². The number of likely N-dealkylation sites (tertiary alicyclic amines) is 1. The normalized spacial score (nSPS) is 18.5. The second kappa shape index (κ2) is 8.83. The topological polar surface area (TPSA) is 62.0 Å². The molecular weight excluding hydrogens is 376 g/mol. The summed E-state index contributed by atoms with van der Waals surface area (Å²) in [5.74, 6) is 7.54. The van der Waals surface area contributed by atoms with Crippen LogP contribution in [0.25, 0.3) is 0 Å². The van der Waals surface area contributed by atoms with E-state index < -0.39 is 0 Å². The van der Waals surface area contributed by atoms with Crippen molar-refractivity contribution < 1.29 is 9.53 Å². The Morgan fingerprint density at radius 2 is 1.83 bits per heavy atom. The summed E-state index contributed by atoms with van der Waals surface area (Å²) in [7, 11) is 0. The van der Waals surface area contributed by atoms with Crippen molar-refractivity contribution in [3.8, 4) is 23.3 Å². The number of benzene rings is 2. The van der Waals surface area contributed by atoms with E-state index in [0.29, 0.717) is 19.0 Å². The molecule has 154 valence electrons. The van der Waals surface area contributed by atoms with Gasteiger partial charge < -0.3 is 25.2 Å². The molecule has 30 heavy (non-hydrogen) atoms. The molecular formula is C24H26N4O2. The number of carbonyl (C=O) groups is 1. The Morgan fingerprint density at radius 3 is 2.57 bits per heavy atom. The van der Waals surface area contributed by atoms with E-state index in [9.17, 15) is 4.79 Å². The standard InChI is InChI=1S/C24H26N4O2/c1-2-7-24(29)26-15-6-8-20(16-26)27-17-23(25)28(18-27)19-11-13-22(14-12-19)30-21-9-4-3-5-10-21/h3-5,9-14,17,20H,6,8,15-16,18,25H2,1H3/t20-/m1/s1. The molecule has 2 N–H and O–H groups in total. The van der Waals surface area contributed by atoms with E-state index in [0.717, 1.165) is 36.6 Å². The minimum absolute atomic E-state index is 0.0933. The van der Waals surface area contributed by atoms with Crippen LogP contribution in [0.2, 0.25) is 0 Å². The van der Waals surface area contributed by atoms with Crippen molar-refractivity contribution >= 4 is 11.6 Å². The van der Waals surface area contributed by atoms with Gasteiger partial charge in [0, 0.05) is 31.0 Å². The zero-order valence-electron chi connectivity index (χ0n) is 17.1. The lowest BCUT2D eigenvalue weighted by atomic mass is 10.0. The van der Waals surface area contributed by atoms with Gasteiger partial charge in [-0.25, -0.2) is 0 Å². The van der Waals surface area contributed by atoms with Gasteiger partial charge in [-0.15, -0.1) is 0 Å². The summed E-state index contributed by atoms with van der Waals surface area (Å²) in [6.07, 6.45) is 3.99. The number of hydrogen-bond acceptors (Lipinski definition) is 5. The predicted octanol–water partition coefficient (Wildman–Crippen LogP) is 3.33. The van der Waals surface area contributed by atoms with Crippen molar-refractivity contribution in [2.75, 3.05) is 24.7 Å². The average molecular weight is 402 g/mol. The molecule has 0 aromatic heterocycles. The Balaban J connectivity index is 1.40. The fraction of sp³-hybridized carbons (Fsp3) is 0.292. The minimum Gasteiger partial charge on any atom is -0.457 e. The number of nitrogens with zero attached hydrogens (tertiary/aromatic N) is 3. The molecule has 0 bridgehead atoms. The monoisotopic (exact) mass is 402 g/mol. The summed E-state index contributed by atoms with van der Waals surface area (Å²) >= 11 is 0. The third-order valence-electron chi connectivity index (χ3n) is 5.43. The zero-order valence-corrected chi connectivity index (χ0v) is 17.1. The highest BCUT2D eigenvalue weighted by atomic mass is 16.5. The summed E-state index contributed by atoms with van der Waals surface area (Å²) < 4.78 is 5.87. The maximum atomic E-state index is 12.1. The lowest BCUT2D eigenvalue weighted by molar-refractivity contribution is -0.126. The molecule has 2 aliphatic rings. The largest absolute Gasteiger partial charge is 0.457 e. The summed E-state index contributed by atoms with van der Waals surface area (Å²) in [6.45, 7) is 3.80. The van der Waals surface area contributed by atoms with Gasteiger partial charge in [0.25, 0.3) is 5.91 Å². The van der Waals surface area contributed by atoms with Crippen LogP contribution >= 0.6 is 0 Å². The van der Waals surface area contributed by atoms with E-state index in [1.807, 2.05) is 65.7 Å². The number of hydrogen-bond donors (Lipinski definition) is 1. The van der Waals surface area contributed by atoms with Crippen LogP contribution in [0, 0.1) is 11.8 Å². The first kappa shape index (κ1) is 19.7. The lowest BCUT2D eigenvalue weighted by Gasteiger charge is -2.37. The molecule has 1 saturated heterocycles. The van der Waals surface area contributed by atoms with Gasteiger partial charge in [-0.05, 0) is 62.1 Å². The summed E-state index contributed by atoms with van der Waals surface area (Å²) in [6, 6.07) is 17.9. The van der Waals surface area contributed by atoms with Crippen LogP contribution in [0.1, 0.15) is 19.8 Å². The highest BCUT2D eigenvalue weighted by Gasteiger charge is 2.30. The maximum absolute atomic E-state index is 12.1. The van der Waals surface area contributed by atoms with Gasteiger partial charge in [0.1, 0.15) is 17.3 Å². The summed E-state index contributed by atoms with van der Waals surface area (Å²) in [5.41, 5.74) is 7.33. The smallest absolute Gasteiger partial charge is 0.298 e. The molecule has 0 saturated carbocycles. The van der Waals surface area contributed by atoms with Crippen molar-refractivity contribution in [1.29, 1.82) is 0 Å². The van der Waals surface area contributed by atoms with Gasteiger partial charge in [0.15, 0.2) is 0 Å². The number of rotatable bonds is 4. The molecule has 2 aliphatic heterocycles. The van der Waals surface area contributed by atoms with Crippen molar-refractivity contribution in [1.82, 2.24) is 9.80 Å². The Morgan fingerprint density at radius 1 is 1.10 bits per heavy atom. The van der Waals surface area contributed by atoms with E-state index in [4.69, 9.17) is 10.5 Å². The van der Waals surface area contributed by atoms with Crippen molar-refractivity contribution in [2.24, 2.45) is 5.73 Å². The first-order valence-corrected chi connectivity index (χ1v) is 10.2. The van der Waals surface area contributed by atoms with E-state index >= 15 is 0 Å². The van der Waals surface area contributed by atoms with Gasteiger partial charge in [0.05, 0.1) is 6.67 Å². The van der Waals surface area contributed by atoms with Gasteiger partial charge in [-0.1, -0.05) is 24.1 Å². The lowest BCUT2D eigenvalue weighted by Crippen LogP contribution is -2.48. The molecule has 1 amide bonds. The van der Waals surface area contributed by atoms with E-state index in [-0.39, 0.29) is 11.9 Å². The second-order valence-corrected chi connectivity index (χ2v) is 7.47. The number of amides is 1. The number of ether oxygens (including phenoxy) is 1. The third-order valence-corrected chi connectivity index (χ3v) is 5.43. The molecule has 2 aromatic rings. The minimum atomic E-state index is -0.0933. The van der Waals surface area contributed by atoms with Crippen LogP contribution in [0.4, 0.5) is 5.69 Å². The fourth-order valence-electron chi connectivity index (χ4n) is 3.89. The Kier molecular flexibility index (Phi) is 5.80. The summed E-state index contributed by atoms with van der Waals surface area (Å²) in [4.78, 5) is 18.3. The van der Waals surface area contributed by atoms with Crippen LogP contribution in [0.15, 0.2) is 66.6 Å². The molecule has 4 rings (SSSR count). The van der Waals surface area contributed by atoms with E-state index in [1.54, 1.807) is 6.92 Å². The van der Waals surface area contributed by atoms with Crippen LogP contribution in [-0.2, 0) is 4.79 Å². The molecule has 0 aliphatic carbocycles. The highest BCUT2D eigenvalue weighted by molar-refractivity contribution is 5.93. The van der Waals surface area contributed by atoms with Crippen molar-refractivity contribution in [2.45, 2.75) is 25.8 Å². The molecule has 6 heteroatoms. The first-order valence-electron chi connectivity index (χ1n) is 10.2. The predicted molar refractivity (Wildman–Crippen MR) is 117 cm³/mol. The molecule has 1 fully saturated rings. The molecule has 0 spiro atoms. The summed E-state index contributed by atoms with van der Waals surface area (Å²) in [5, 5.41) is 0.